The van der Waals surface area contributed by atoms with Crippen molar-refractivity contribution in [3.8, 4) is 5.75 Å². The Morgan fingerprint density at radius 1 is 1.37 bits per heavy atom. The molecule has 1 aromatic carbocycles. The van der Waals surface area contributed by atoms with E-state index in [0.717, 1.165) is 18.8 Å². The fourth-order valence-electron chi connectivity index (χ4n) is 3.28. The van der Waals surface area contributed by atoms with Crippen LogP contribution in [0.25, 0.3) is 0 Å². The number of hydrogen-bond acceptors (Lipinski definition) is 4. The maximum absolute atomic E-state index is 9.78. The lowest BCUT2D eigenvalue weighted by Crippen LogP contribution is -2.53. The Balaban J connectivity index is 1.96. The Morgan fingerprint density at radius 2 is 2.16 bits per heavy atom. The van der Waals surface area contributed by atoms with E-state index in [1.807, 2.05) is 0 Å². The van der Waals surface area contributed by atoms with Gasteiger partial charge in [0.15, 0.2) is 0 Å². The highest BCUT2D eigenvalue weighted by Crippen LogP contribution is 2.44. The molecular weight excluding hydrogens is 242 g/mol. The lowest BCUT2D eigenvalue weighted by molar-refractivity contribution is -0.172. The first-order valence-electron chi connectivity index (χ1n) is 6.77. The number of benzene rings is 1. The van der Waals surface area contributed by atoms with Crippen LogP contribution >= 0.6 is 0 Å². The minimum Gasteiger partial charge on any atom is -0.493 e. The molecular formula is C15H21NO3. The third-order valence-corrected chi connectivity index (χ3v) is 4.22. The zero-order valence-electron chi connectivity index (χ0n) is 11.6. The van der Waals surface area contributed by atoms with Crippen molar-refractivity contribution in [3.05, 3.63) is 29.3 Å². The summed E-state index contributed by atoms with van der Waals surface area (Å²) >= 11 is 0. The fraction of sp³-hybridized carbons (Fsp3) is 0.600. The van der Waals surface area contributed by atoms with Crippen molar-refractivity contribution in [3.63, 3.8) is 0 Å². The Bertz CT molecular complexity index is 463. The Labute approximate surface area is 113 Å². The fourth-order valence-corrected chi connectivity index (χ4v) is 3.28. The molecule has 3 rings (SSSR count). The molecule has 104 valence electrons. The van der Waals surface area contributed by atoms with Crippen LogP contribution in [-0.4, -0.2) is 50.5 Å². The van der Waals surface area contributed by atoms with E-state index >= 15 is 0 Å². The van der Waals surface area contributed by atoms with E-state index in [9.17, 15) is 5.11 Å². The molecule has 0 amide bonds. The average molecular weight is 263 g/mol. The molecule has 1 unspecified atom stereocenters. The molecule has 2 heterocycles. The van der Waals surface area contributed by atoms with Crippen LogP contribution in [0.4, 0.5) is 0 Å². The van der Waals surface area contributed by atoms with Gasteiger partial charge < -0.3 is 19.5 Å². The molecule has 0 aromatic heterocycles. The highest BCUT2D eigenvalue weighted by molar-refractivity contribution is 5.41. The molecule has 1 N–H and O–H groups in total. The summed E-state index contributed by atoms with van der Waals surface area (Å²) < 4.78 is 10.9. The predicted molar refractivity (Wildman–Crippen MR) is 72.4 cm³/mol. The molecule has 0 aliphatic carbocycles. The van der Waals surface area contributed by atoms with Gasteiger partial charge in [0.1, 0.15) is 5.75 Å². The monoisotopic (exact) mass is 263 g/mol. The minimum absolute atomic E-state index is 0.156. The molecule has 4 heteroatoms. The lowest BCUT2D eigenvalue weighted by atomic mass is 9.75. The molecule has 2 aliphatic heterocycles. The summed E-state index contributed by atoms with van der Waals surface area (Å²) in [6.45, 7) is 2.18. The Hall–Kier alpha value is -1.10. The number of fused-ring (bicyclic) bond motifs is 1. The number of rotatable bonds is 4. The van der Waals surface area contributed by atoms with Crippen LogP contribution in [0.5, 0.6) is 5.75 Å². The van der Waals surface area contributed by atoms with Crippen LogP contribution in [0.1, 0.15) is 17.2 Å². The second kappa shape index (κ2) is 4.78. The van der Waals surface area contributed by atoms with E-state index < -0.39 is 0 Å². The van der Waals surface area contributed by atoms with Crippen molar-refractivity contribution in [2.75, 3.05) is 40.5 Å². The van der Waals surface area contributed by atoms with Gasteiger partial charge in [-0.2, -0.15) is 0 Å². The predicted octanol–water partition coefficient (Wildman–Crippen LogP) is 1.23. The molecule has 0 bridgehead atoms. The smallest absolute Gasteiger partial charge is 0.122 e. The quantitative estimate of drug-likeness (QED) is 0.887. The van der Waals surface area contributed by atoms with Crippen molar-refractivity contribution < 1.29 is 14.6 Å². The van der Waals surface area contributed by atoms with E-state index in [4.69, 9.17) is 9.47 Å². The van der Waals surface area contributed by atoms with Crippen LogP contribution in [0.2, 0.25) is 0 Å². The first-order valence-corrected chi connectivity index (χ1v) is 6.77. The zero-order chi connectivity index (χ0) is 13.5. The summed E-state index contributed by atoms with van der Waals surface area (Å²) in [5.41, 5.74) is 2.35. The zero-order valence-corrected chi connectivity index (χ0v) is 11.6. The van der Waals surface area contributed by atoms with Gasteiger partial charge in [-0.1, -0.05) is 12.1 Å². The van der Waals surface area contributed by atoms with Gasteiger partial charge >= 0.3 is 0 Å². The molecule has 4 nitrogen and oxygen atoms in total. The van der Waals surface area contributed by atoms with Crippen LogP contribution in [0.3, 0.4) is 0 Å². The van der Waals surface area contributed by atoms with Crippen LogP contribution in [0.15, 0.2) is 18.2 Å². The second-order valence-corrected chi connectivity index (χ2v) is 5.85. The number of nitrogens with zero attached hydrogens (tertiary/aromatic N) is 1. The average Bonchev–Trinajstić information content (AvgIpc) is 2.80. The van der Waals surface area contributed by atoms with E-state index in [1.165, 1.54) is 11.1 Å². The first kappa shape index (κ1) is 12.9. The van der Waals surface area contributed by atoms with E-state index in [0.29, 0.717) is 13.2 Å². The van der Waals surface area contributed by atoms with E-state index in [1.54, 1.807) is 0 Å². The third-order valence-electron chi connectivity index (χ3n) is 4.22. The van der Waals surface area contributed by atoms with Crippen molar-refractivity contribution in [2.24, 2.45) is 5.41 Å². The topological polar surface area (TPSA) is 41.9 Å². The molecule has 2 aliphatic rings. The van der Waals surface area contributed by atoms with Gasteiger partial charge in [-0.3, -0.25) is 0 Å². The molecule has 1 aromatic rings. The molecule has 1 atom stereocenters. The standard InChI is InChI=1S/C15H21NO3/c1-16(2)14(15(8-17)9-18-10-15)12-3-4-13-11(7-12)5-6-19-13/h3-4,7,14,17H,5-6,8-10H2,1-2H3. The number of aliphatic hydroxyl groups excluding tert-OH is 1. The van der Waals surface area contributed by atoms with Crippen LogP contribution < -0.4 is 4.74 Å². The highest BCUT2D eigenvalue weighted by atomic mass is 16.5. The molecule has 1 fully saturated rings. The van der Waals surface area contributed by atoms with Crippen molar-refractivity contribution >= 4 is 0 Å². The van der Waals surface area contributed by atoms with Crippen LogP contribution in [-0.2, 0) is 11.2 Å². The van der Waals surface area contributed by atoms with E-state index in [2.05, 4.69) is 37.2 Å². The van der Waals surface area contributed by atoms with Gasteiger partial charge in [-0.15, -0.1) is 0 Å². The van der Waals surface area contributed by atoms with Gasteiger partial charge in [0.2, 0.25) is 0 Å². The molecule has 0 saturated carbocycles. The lowest BCUT2D eigenvalue weighted by Gasteiger charge is -2.48. The maximum Gasteiger partial charge on any atom is 0.122 e. The largest absolute Gasteiger partial charge is 0.493 e. The van der Waals surface area contributed by atoms with Crippen molar-refractivity contribution in [1.82, 2.24) is 4.90 Å². The summed E-state index contributed by atoms with van der Waals surface area (Å²) in [7, 11) is 4.12. The molecule has 19 heavy (non-hydrogen) atoms. The summed E-state index contributed by atoms with van der Waals surface area (Å²) in [4.78, 5) is 2.18. The van der Waals surface area contributed by atoms with Gasteiger partial charge in [-0.25, -0.2) is 0 Å². The van der Waals surface area contributed by atoms with E-state index in [-0.39, 0.29) is 18.1 Å². The number of aliphatic hydroxyl groups is 1. The Kier molecular flexibility index (Phi) is 3.25. The second-order valence-electron chi connectivity index (χ2n) is 5.85. The minimum atomic E-state index is -0.169. The summed E-state index contributed by atoms with van der Waals surface area (Å²) in [6, 6.07) is 6.57. The maximum atomic E-state index is 9.78. The van der Waals surface area contributed by atoms with Crippen molar-refractivity contribution in [2.45, 2.75) is 12.5 Å². The molecule has 0 radical (unpaired) electrons. The van der Waals surface area contributed by atoms with Gasteiger partial charge in [0, 0.05) is 12.5 Å². The highest BCUT2D eigenvalue weighted by Gasteiger charge is 2.47. The normalized spacial score (nSPS) is 21.7. The summed E-state index contributed by atoms with van der Waals surface area (Å²) in [5.74, 6) is 1.00. The number of hydrogen-bond donors (Lipinski definition) is 1. The SMILES string of the molecule is CN(C)C(c1ccc2c(c1)CCO2)C1(CO)COC1. The molecule has 1 saturated heterocycles. The molecule has 0 spiro atoms. The summed E-state index contributed by atoms with van der Waals surface area (Å²) in [6.07, 6.45) is 0.978. The van der Waals surface area contributed by atoms with Crippen LogP contribution in [0, 0.1) is 5.41 Å². The van der Waals surface area contributed by atoms with Gasteiger partial charge in [0.25, 0.3) is 0 Å². The van der Waals surface area contributed by atoms with Gasteiger partial charge in [-0.05, 0) is 31.3 Å². The number of ether oxygens (including phenoxy) is 2. The van der Waals surface area contributed by atoms with Gasteiger partial charge in [0.05, 0.1) is 31.8 Å². The Morgan fingerprint density at radius 3 is 2.74 bits per heavy atom. The summed E-state index contributed by atoms with van der Waals surface area (Å²) in [5, 5.41) is 9.78. The van der Waals surface area contributed by atoms with Crippen molar-refractivity contribution in [1.29, 1.82) is 0 Å². The first-order chi connectivity index (χ1) is 9.16. The third kappa shape index (κ3) is 2.04.